The number of allylic oxidation sites excluding steroid dienone is 1. The molecule has 0 atom stereocenters. The van der Waals surface area contributed by atoms with Crippen LogP contribution in [0, 0.1) is 11.3 Å². The highest BCUT2D eigenvalue weighted by Crippen LogP contribution is 1.98. The molecule has 0 saturated heterocycles. The van der Waals surface area contributed by atoms with Crippen LogP contribution in [0.3, 0.4) is 0 Å². The van der Waals surface area contributed by atoms with Crippen molar-refractivity contribution in [2.75, 3.05) is 19.6 Å². The summed E-state index contributed by atoms with van der Waals surface area (Å²) in [6.07, 6.45) is 5.02. The van der Waals surface area contributed by atoms with Crippen molar-refractivity contribution >= 4 is 6.03 Å². The van der Waals surface area contributed by atoms with Crippen LogP contribution in [-0.4, -0.2) is 30.6 Å². The summed E-state index contributed by atoms with van der Waals surface area (Å²) in [5.41, 5.74) is 0. The van der Waals surface area contributed by atoms with Gasteiger partial charge in [0.25, 0.3) is 0 Å². The van der Waals surface area contributed by atoms with E-state index in [9.17, 15) is 4.79 Å². The molecule has 0 radical (unpaired) electrons. The van der Waals surface area contributed by atoms with E-state index in [-0.39, 0.29) is 6.03 Å². The molecule has 0 aromatic rings. The van der Waals surface area contributed by atoms with E-state index >= 15 is 0 Å². The fourth-order valence-electron chi connectivity index (χ4n) is 1.35. The number of hydrogen-bond donors (Lipinski definition) is 1. The average molecular weight is 223 g/mol. The number of nitriles is 1. The lowest BCUT2D eigenvalue weighted by atomic mass is 10.3. The number of rotatable bonds is 8. The van der Waals surface area contributed by atoms with Crippen LogP contribution in [0.15, 0.2) is 12.7 Å². The maximum atomic E-state index is 11.7. The van der Waals surface area contributed by atoms with Crippen LogP contribution < -0.4 is 5.32 Å². The van der Waals surface area contributed by atoms with Crippen molar-refractivity contribution in [1.82, 2.24) is 10.2 Å². The molecule has 0 aromatic carbocycles. The average Bonchev–Trinajstić information content (AvgIpc) is 2.28. The number of nitrogens with one attached hydrogen (secondary N) is 1. The molecular formula is C12H21N3O. The van der Waals surface area contributed by atoms with Crippen molar-refractivity contribution in [3.8, 4) is 6.07 Å². The Bertz CT molecular complexity index is 245. The molecule has 4 heteroatoms. The molecule has 90 valence electrons. The molecule has 0 unspecified atom stereocenters. The number of hydrogen-bond acceptors (Lipinski definition) is 2. The lowest BCUT2D eigenvalue weighted by molar-refractivity contribution is 0.197. The number of unbranched alkanes of at least 4 members (excludes halogenated alkanes) is 1. The Morgan fingerprint density at radius 3 is 2.88 bits per heavy atom. The van der Waals surface area contributed by atoms with E-state index in [0.29, 0.717) is 13.0 Å². The van der Waals surface area contributed by atoms with Crippen molar-refractivity contribution in [1.29, 1.82) is 5.26 Å². The van der Waals surface area contributed by atoms with Gasteiger partial charge < -0.3 is 10.2 Å². The third-order valence-corrected chi connectivity index (χ3v) is 2.13. The van der Waals surface area contributed by atoms with Gasteiger partial charge in [-0.3, -0.25) is 0 Å². The van der Waals surface area contributed by atoms with Gasteiger partial charge >= 0.3 is 6.03 Å². The molecule has 0 aliphatic rings. The summed E-state index contributed by atoms with van der Waals surface area (Å²) in [5.74, 6) is 0. The molecule has 4 nitrogen and oxygen atoms in total. The minimum atomic E-state index is -0.0684. The largest absolute Gasteiger partial charge is 0.337 e. The molecule has 0 aromatic heterocycles. The summed E-state index contributed by atoms with van der Waals surface area (Å²) in [4.78, 5) is 13.5. The van der Waals surface area contributed by atoms with Crippen molar-refractivity contribution in [3.05, 3.63) is 12.7 Å². The van der Waals surface area contributed by atoms with Gasteiger partial charge in [0.1, 0.15) is 0 Å². The van der Waals surface area contributed by atoms with Crippen LogP contribution in [0.4, 0.5) is 4.79 Å². The highest BCUT2D eigenvalue weighted by molar-refractivity contribution is 5.74. The highest BCUT2D eigenvalue weighted by Gasteiger charge is 2.10. The van der Waals surface area contributed by atoms with E-state index < -0.39 is 0 Å². The van der Waals surface area contributed by atoms with Crippen LogP contribution in [0.2, 0.25) is 0 Å². The zero-order valence-corrected chi connectivity index (χ0v) is 10.0. The topological polar surface area (TPSA) is 56.1 Å². The summed E-state index contributed by atoms with van der Waals surface area (Å²) in [6.45, 7) is 7.63. The highest BCUT2D eigenvalue weighted by atomic mass is 16.2. The third-order valence-electron chi connectivity index (χ3n) is 2.13. The van der Waals surface area contributed by atoms with Crippen LogP contribution in [0.5, 0.6) is 0 Å². The Labute approximate surface area is 97.9 Å². The van der Waals surface area contributed by atoms with E-state index in [1.165, 1.54) is 0 Å². The lowest BCUT2D eigenvalue weighted by Crippen LogP contribution is -2.41. The molecule has 0 spiro atoms. The first-order valence-electron chi connectivity index (χ1n) is 5.76. The molecule has 0 rings (SSSR count). The molecule has 0 fully saturated rings. The fraction of sp³-hybridized carbons (Fsp3) is 0.667. The van der Waals surface area contributed by atoms with Crippen LogP contribution >= 0.6 is 0 Å². The van der Waals surface area contributed by atoms with Crippen LogP contribution in [0.25, 0.3) is 0 Å². The minimum absolute atomic E-state index is 0.0684. The molecule has 0 saturated carbocycles. The van der Waals surface area contributed by atoms with Gasteiger partial charge in [-0.05, 0) is 19.3 Å². The van der Waals surface area contributed by atoms with E-state index in [1.54, 1.807) is 4.90 Å². The quantitative estimate of drug-likeness (QED) is 0.507. The first kappa shape index (κ1) is 14.5. The van der Waals surface area contributed by atoms with Gasteiger partial charge in [-0.15, -0.1) is 6.58 Å². The maximum absolute atomic E-state index is 11.7. The standard InChI is InChI=1S/C12H21N3O/c1-3-5-6-11-15(10-4-2)12(16)14-9-7-8-13/h3H,1,4-7,9-11H2,2H3,(H,14,16). The van der Waals surface area contributed by atoms with Gasteiger partial charge in [0.15, 0.2) is 0 Å². The Morgan fingerprint density at radius 1 is 1.56 bits per heavy atom. The Hall–Kier alpha value is -1.50. The number of carbonyl (C=O) groups excluding carboxylic acids is 1. The van der Waals surface area contributed by atoms with Gasteiger partial charge in [0.05, 0.1) is 12.5 Å². The van der Waals surface area contributed by atoms with Crippen molar-refractivity contribution in [3.63, 3.8) is 0 Å². The van der Waals surface area contributed by atoms with Gasteiger partial charge in [0, 0.05) is 19.6 Å². The van der Waals surface area contributed by atoms with Crippen LogP contribution in [0.1, 0.15) is 32.6 Å². The molecular weight excluding hydrogens is 202 g/mol. The maximum Gasteiger partial charge on any atom is 0.317 e. The van der Waals surface area contributed by atoms with E-state index in [2.05, 4.69) is 11.9 Å². The molecule has 0 aliphatic heterocycles. The summed E-state index contributed by atoms with van der Waals surface area (Å²) in [7, 11) is 0. The summed E-state index contributed by atoms with van der Waals surface area (Å²) in [6, 6.07) is 1.93. The van der Waals surface area contributed by atoms with Gasteiger partial charge in [-0.25, -0.2) is 4.79 Å². The first-order valence-corrected chi connectivity index (χ1v) is 5.76. The monoisotopic (exact) mass is 223 g/mol. The molecule has 0 bridgehead atoms. The van der Waals surface area contributed by atoms with Gasteiger partial charge in [-0.2, -0.15) is 5.26 Å². The second-order valence-electron chi connectivity index (χ2n) is 3.56. The van der Waals surface area contributed by atoms with Crippen molar-refractivity contribution < 1.29 is 4.79 Å². The normalized spacial score (nSPS) is 9.25. The van der Waals surface area contributed by atoms with E-state index in [1.807, 2.05) is 19.1 Å². The molecule has 16 heavy (non-hydrogen) atoms. The zero-order valence-electron chi connectivity index (χ0n) is 10.0. The second kappa shape index (κ2) is 10.0. The Morgan fingerprint density at radius 2 is 2.31 bits per heavy atom. The van der Waals surface area contributed by atoms with Crippen molar-refractivity contribution in [2.45, 2.75) is 32.6 Å². The lowest BCUT2D eigenvalue weighted by Gasteiger charge is -2.22. The SMILES string of the molecule is C=CCCCN(CCC)C(=O)NCCC#N. The van der Waals surface area contributed by atoms with Crippen LogP contribution in [-0.2, 0) is 0 Å². The predicted molar refractivity (Wildman–Crippen MR) is 64.9 cm³/mol. The number of amides is 2. The number of urea groups is 1. The Kier molecular flexibility index (Phi) is 9.09. The molecule has 1 N–H and O–H groups in total. The molecule has 0 heterocycles. The second-order valence-corrected chi connectivity index (χ2v) is 3.56. The van der Waals surface area contributed by atoms with E-state index in [0.717, 1.165) is 32.4 Å². The van der Waals surface area contributed by atoms with Gasteiger partial charge in [-0.1, -0.05) is 13.0 Å². The Balaban J connectivity index is 3.92. The first-order chi connectivity index (χ1) is 7.76. The predicted octanol–water partition coefficient (Wildman–Crippen LogP) is 2.29. The molecule has 0 aliphatic carbocycles. The van der Waals surface area contributed by atoms with E-state index in [4.69, 9.17) is 5.26 Å². The molecule has 2 amide bonds. The zero-order chi connectivity index (χ0) is 12.2. The van der Waals surface area contributed by atoms with Crippen molar-refractivity contribution in [2.24, 2.45) is 0 Å². The number of carbonyl (C=O) groups is 1. The summed E-state index contributed by atoms with van der Waals surface area (Å²) >= 11 is 0. The summed E-state index contributed by atoms with van der Waals surface area (Å²) in [5, 5.41) is 11.1. The summed E-state index contributed by atoms with van der Waals surface area (Å²) < 4.78 is 0. The number of nitrogens with zero attached hydrogens (tertiary/aromatic N) is 2. The third kappa shape index (κ3) is 6.88. The minimum Gasteiger partial charge on any atom is -0.337 e. The fourth-order valence-corrected chi connectivity index (χ4v) is 1.35. The smallest absolute Gasteiger partial charge is 0.317 e. The van der Waals surface area contributed by atoms with Gasteiger partial charge in [0.2, 0.25) is 0 Å².